The van der Waals surface area contributed by atoms with Crippen LogP contribution in [0.3, 0.4) is 0 Å². The Morgan fingerprint density at radius 3 is 2.93 bits per heavy atom. The van der Waals surface area contributed by atoms with Crippen LogP contribution in [0, 0.1) is 6.92 Å². The van der Waals surface area contributed by atoms with E-state index in [1.54, 1.807) is 11.0 Å². The quantitative estimate of drug-likeness (QED) is 0.504. The van der Waals surface area contributed by atoms with E-state index in [0.29, 0.717) is 35.1 Å². The van der Waals surface area contributed by atoms with Gasteiger partial charge in [-0.1, -0.05) is 23.5 Å². The normalized spacial score (nSPS) is 16.3. The van der Waals surface area contributed by atoms with Gasteiger partial charge >= 0.3 is 0 Å². The number of carbonyl (C=O) groups excluding carboxylic acids is 2. The van der Waals surface area contributed by atoms with E-state index >= 15 is 0 Å². The number of benzene rings is 1. The lowest BCUT2D eigenvalue weighted by atomic mass is 10.2. The van der Waals surface area contributed by atoms with E-state index in [0.717, 1.165) is 21.6 Å². The van der Waals surface area contributed by atoms with Crippen LogP contribution in [0.5, 0.6) is 0 Å². The zero-order valence-corrected chi connectivity index (χ0v) is 17.8. The molecule has 1 aliphatic heterocycles. The van der Waals surface area contributed by atoms with E-state index in [1.807, 2.05) is 36.6 Å². The monoisotopic (exact) mass is 438 g/mol. The SMILES string of the molecule is Cc1nc(-c2cc(C(=O)N3CCCC3C(=O)Nc3nc4ccccc4s3)co2)cs1. The maximum atomic E-state index is 13.1. The average Bonchev–Trinajstić information content (AvgIpc) is 3.51. The zero-order chi connectivity index (χ0) is 20.7. The predicted molar refractivity (Wildman–Crippen MR) is 117 cm³/mol. The third-order valence-electron chi connectivity index (χ3n) is 5.06. The number of hydrogen-bond donors (Lipinski definition) is 1. The number of amides is 2. The smallest absolute Gasteiger partial charge is 0.257 e. The summed E-state index contributed by atoms with van der Waals surface area (Å²) in [5.41, 5.74) is 1.98. The minimum absolute atomic E-state index is 0.209. The summed E-state index contributed by atoms with van der Waals surface area (Å²) in [6, 6.07) is 8.90. The minimum atomic E-state index is -0.524. The Bertz CT molecular complexity index is 1210. The number of likely N-dealkylation sites (tertiary alicyclic amines) is 1. The van der Waals surface area contributed by atoms with Crippen LogP contribution < -0.4 is 5.32 Å². The largest absolute Gasteiger partial charge is 0.462 e. The molecule has 5 rings (SSSR count). The Morgan fingerprint density at radius 1 is 1.27 bits per heavy atom. The molecule has 30 heavy (non-hydrogen) atoms. The number of nitrogens with one attached hydrogen (secondary N) is 1. The van der Waals surface area contributed by atoms with E-state index in [-0.39, 0.29) is 11.8 Å². The molecule has 4 heterocycles. The van der Waals surface area contributed by atoms with Gasteiger partial charge in [-0.05, 0) is 38.0 Å². The first-order valence-corrected chi connectivity index (χ1v) is 11.3. The van der Waals surface area contributed by atoms with Gasteiger partial charge < -0.3 is 14.6 Å². The lowest BCUT2D eigenvalue weighted by molar-refractivity contribution is -0.119. The second-order valence-electron chi connectivity index (χ2n) is 7.08. The molecule has 0 radical (unpaired) electrons. The summed E-state index contributed by atoms with van der Waals surface area (Å²) in [5, 5.41) is 6.26. The van der Waals surface area contributed by atoms with Crippen molar-refractivity contribution in [2.75, 3.05) is 11.9 Å². The van der Waals surface area contributed by atoms with Gasteiger partial charge in [0.25, 0.3) is 5.91 Å². The molecule has 9 heteroatoms. The highest BCUT2D eigenvalue weighted by atomic mass is 32.1. The highest BCUT2D eigenvalue weighted by Gasteiger charge is 2.35. The third kappa shape index (κ3) is 3.50. The molecule has 0 aliphatic carbocycles. The van der Waals surface area contributed by atoms with Crippen molar-refractivity contribution in [2.45, 2.75) is 25.8 Å². The van der Waals surface area contributed by atoms with Gasteiger partial charge in [0.05, 0.1) is 20.8 Å². The van der Waals surface area contributed by atoms with Crippen molar-refractivity contribution in [3.05, 3.63) is 52.5 Å². The Labute approximate surface area is 180 Å². The Balaban J connectivity index is 1.32. The number of rotatable bonds is 4. The van der Waals surface area contributed by atoms with Crippen LogP contribution in [0.15, 0.2) is 46.4 Å². The number of thiazole rings is 2. The van der Waals surface area contributed by atoms with Crippen molar-refractivity contribution in [3.63, 3.8) is 0 Å². The van der Waals surface area contributed by atoms with Crippen LogP contribution in [0.1, 0.15) is 28.2 Å². The first-order chi connectivity index (χ1) is 14.6. The maximum Gasteiger partial charge on any atom is 0.257 e. The number of aromatic nitrogens is 2. The van der Waals surface area contributed by atoms with Gasteiger partial charge in [-0.25, -0.2) is 9.97 Å². The second kappa shape index (κ2) is 7.66. The van der Waals surface area contributed by atoms with Crippen LogP contribution in [0.2, 0.25) is 0 Å². The molecule has 1 atom stereocenters. The van der Waals surface area contributed by atoms with E-state index < -0.39 is 6.04 Å². The Kier molecular flexibility index (Phi) is 4.84. The summed E-state index contributed by atoms with van der Waals surface area (Å²) >= 11 is 2.95. The molecular weight excluding hydrogens is 420 g/mol. The molecular formula is C21H18N4O3S2. The van der Waals surface area contributed by atoms with Gasteiger partial charge in [-0.2, -0.15) is 0 Å². The summed E-state index contributed by atoms with van der Waals surface area (Å²) < 4.78 is 6.57. The van der Waals surface area contributed by atoms with Gasteiger partial charge in [0.15, 0.2) is 10.9 Å². The fourth-order valence-electron chi connectivity index (χ4n) is 3.62. The number of anilines is 1. The van der Waals surface area contributed by atoms with Crippen LogP contribution in [0.4, 0.5) is 5.13 Å². The first kappa shape index (κ1) is 19.0. The van der Waals surface area contributed by atoms with Gasteiger partial charge in [0.1, 0.15) is 18.0 Å². The fourth-order valence-corrected chi connectivity index (χ4v) is 5.09. The highest BCUT2D eigenvalue weighted by molar-refractivity contribution is 7.22. The molecule has 1 aliphatic rings. The number of furan rings is 1. The predicted octanol–water partition coefficient (Wildman–Crippen LogP) is 4.56. The van der Waals surface area contributed by atoms with E-state index in [4.69, 9.17) is 4.42 Å². The van der Waals surface area contributed by atoms with Crippen LogP contribution >= 0.6 is 22.7 Å². The molecule has 1 N–H and O–H groups in total. The molecule has 7 nitrogen and oxygen atoms in total. The number of hydrogen-bond acceptors (Lipinski definition) is 7. The van der Waals surface area contributed by atoms with Gasteiger partial charge in [-0.15, -0.1) is 11.3 Å². The number of nitrogens with zero attached hydrogens (tertiary/aromatic N) is 3. The topological polar surface area (TPSA) is 88.3 Å². The van der Waals surface area contributed by atoms with Gasteiger partial charge in [0.2, 0.25) is 5.91 Å². The molecule has 3 aromatic heterocycles. The fraction of sp³-hybridized carbons (Fsp3) is 0.238. The summed E-state index contributed by atoms with van der Waals surface area (Å²) in [5.74, 6) is 0.134. The zero-order valence-electron chi connectivity index (χ0n) is 16.1. The van der Waals surface area contributed by atoms with Crippen LogP contribution in [-0.4, -0.2) is 39.3 Å². The summed E-state index contributed by atoms with van der Waals surface area (Å²) in [7, 11) is 0. The molecule has 2 amide bonds. The number of aryl methyl sites for hydroxylation is 1. The molecule has 1 fully saturated rings. The van der Waals surface area contributed by atoms with Gasteiger partial charge in [0, 0.05) is 11.9 Å². The molecule has 1 saturated heterocycles. The van der Waals surface area contributed by atoms with Crippen molar-refractivity contribution >= 4 is 49.8 Å². The average molecular weight is 439 g/mol. The van der Waals surface area contributed by atoms with E-state index in [9.17, 15) is 9.59 Å². The summed E-state index contributed by atoms with van der Waals surface area (Å²) in [6.07, 6.45) is 2.84. The number of fused-ring (bicyclic) bond motifs is 1. The van der Waals surface area contributed by atoms with Crippen molar-refractivity contribution in [3.8, 4) is 11.5 Å². The van der Waals surface area contributed by atoms with Crippen molar-refractivity contribution in [2.24, 2.45) is 0 Å². The molecule has 4 aromatic rings. The third-order valence-corrected chi connectivity index (χ3v) is 6.78. The van der Waals surface area contributed by atoms with Crippen LogP contribution in [-0.2, 0) is 4.79 Å². The van der Waals surface area contributed by atoms with Crippen LogP contribution in [0.25, 0.3) is 21.7 Å². The summed E-state index contributed by atoms with van der Waals surface area (Å²) in [6.45, 7) is 2.45. The molecule has 0 saturated carbocycles. The first-order valence-electron chi connectivity index (χ1n) is 9.57. The maximum absolute atomic E-state index is 13.1. The standard InChI is InChI=1S/C21H18N4O3S2/c1-12-22-15(11-29-12)17-9-13(10-28-17)20(27)25-8-4-6-16(25)19(26)24-21-23-14-5-2-3-7-18(14)30-21/h2-3,5,7,9-11,16H,4,6,8H2,1H3,(H,23,24,26). The van der Waals surface area contributed by atoms with E-state index in [1.165, 1.54) is 28.9 Å². The molecule has 1 aromatic carbocycles. The minimum Gasteiger partial charge on any atom is -0.462 e. The molecule has 0 spiro atoms. The number of carbonyl (C=O) groups is 2. The van der Waals surface area contributed by atoms with Crippen molar-refractivity contribution < 1.29 is 14.0 Å². The highest BCUT2D eigenvalue weighted by Crippen LogP contribution is 2.29. The molecule has 1 unspecified atom stereocenters. The Morgan fingerprint density at radius 2 is 2.13 bits per heavy atom. The number of para-hydroxylation sites is 1. The Hall–Kier alpha value is -3.04. The summed E-state index contributed by atoms with van der Waals surface area (Å²) in [4.78, 5) is 36.4. The van der Waals surface area contributed by atoms with E-state index in [2.05, 4.69) is 15.3 Å². The second-order valence-corrected chi connectivity index (χ2v) is 9.18. The lowest BCUT2D eigenvalue weighted by Gasteiger charge is -2.22. The van der Waals surface area contributed by atoms with Crippen molar-refractivity contribution in [1.82, 2.24) is 14.9 Å². The van der Waals surface area contributed by atoms with Crippen molar-refractivity contribution in [1.29, 1.82) is 0 Å². The molecule has 152 valence electrons. The molecule has 0 bridgehead atoms. The lowest BCUT2D eigenvalue weighted by Crippen LogP contribution is -2.43. The van der Waals surface area contributed by atoms with Gasteiger partial charge in [-0.3, -0.25) is 9.59 Å².